The molecule has 5 N–H and O–H groups in total. The van der Waals surface area contributed by atoms with Crippen LogP contribution < -0.4 is 0 Å². The number of carboxylic acid groups (broad SMARTS) is 4. The summed E-state index contributed by atoms with van der Waals surface area (Å²) < 4.78 is 4.46. The summed E-state index contributed by atoms with van der Waals surface area (Å²) in [5.41, 5.74) is -2.80. The van der Waals surface area contributed by atoms with Crippen LogP contribution in [-0.2, 0) is 9.53 Å². The molecule has 0 bridgehead atoms. The summed E-state index contributed by atoms with van der Waals surface area (Å²) in [4.78, 5) is 53.6. The van der Waals surface area contributed by atoms with Crippen LogP contribution in [0.3, 0.4) is 0 Å². The summed E-state index contributed by atoms with van der Waals surface area (Å²) in [6.45, 7) is 4.81. The van der Waals surface area contributed by atoms with Gasteiger partial charge in [-0.3, -0.25) is 0 Å². The molecular weight excluding hydrogens is 368 g/mol. The molecular formula is C16H16O11. The van der Waals surface area contributed by atoms with Gasteiger partial charge in [0.15, 0.2) is 0 Å². The van der Waals surface area contributed by atoms with Gasteiger partial charge in [-0.25, -0.2) is 24.0 Å². The molecule has 11 heteroatoms. The number of esters is 1. The number of carbonyl (C=O) groups excluding carboxylic acids is 1. The third-order valence-corrected chi connectivity index (χ3v) is 2.75. The third-order valence-electron chi connectivity index (χ3n) is 2.75. The van der Waals surface area contributed by atoms with E-state index >= 15 is 0 Å². The lowest BCUT2D eigenvalue weighted by Crippen LogP contribution is -2.15. The zero-order valence-corrected chi connectivity index (χ0v) is 14.0. The van der Waals surface area contributed by atoms with Crippen LogP contribution in [-0.4, -0.2) is 68.6 Å². The Morgan fingerprint density at radius 1 is 0.815 bits per heavy atom. The summed E-state index contributed by atoms with van der Waals surface area (Å²) >= 11 is 0. The van der Waals surface area contributed by atoms with Crippen LogP contribution in [0.2, 0.25) is 0 Å². The fourth-order valence-corrected chi connectivity index (χ4v) is 1.57. The molecule has 0 aliphatic carbocycles. The largest absolute Gasteiger partial charge is 0.478 e. The maximum atomic E-state index is 10.8. The Kier molecular flexibility index (Phi) is 8.88. The molecule has 0 heterocycles. The van der Waals surface area contributed by atoms with Crippen LogP contribution in [0.4, 0.5) is 0 Å². The van der Waals surface area contributed by atoms with Crippen LogP contribution >= 0.6 is 0 Å². The zero-order chi connectivity index (χ0) is 21.3. The summed E-state index contributed by atoms with van der Waals surface area (Å²) in [6.07, 6.45) is 0. The van der Waals surface area contributed by atoms with Gasteiger partial charge in [0.2, 0.25) is 0 Å². The van der Waals surface area contributed by atoms with Crippen molar-refractivity contribution in [1.82, 2.24) is 0 Å². The van der Waals surface area contributed by atoms with E-state index in [1.54, 1.807) is 6.92 Å². The van der Waals surface area contributed by atoms with Crippen molar-refractivity contribution in [2.75, 3.05) is 13.2 Å². The van der Waals surface area contributed by atoms with Gasteiger partial charge in [0.1, 0.15) is 6.61 Å². The lowest BCUT2D eigenvalue weighted by molar-refractivity contribution is -0.139. The Hall–Kier alpha value is -3.73. The Balaban J connectivity index is 0.000000636. The minimum atomic E-state index is -1.66. The third kappa shape index (κ3) is 6.96. The molecule has 0 aliphatic rings. The molecule has 0 spiro atoms. The minimum absolute atomic E-state index is 0.0473. The molecule has 0 radical (unpaired) electrons. The first kappa shape index (κ1) is 23.3. The first-order valence-corrected chi connectivity index (χ1v) is 6.98. The first-order chi connectivity index (χ1) is 12.4. The second kappa shape index (κ2) is 10.3. The van der Waals surface area contributed by atoms with Crippen molar-refractivity contribution in [3.63, 3.8) is 0 Å². The van der Waals surface area contributed by atoms with Crippen LogP contribution in [0.25, 0.3) is 0 Å². The number of carboxylic acids is 4. The number of benzene rings is 1. The quantitative estimate of drug-likeness (QED) is 0.325. The van der Waals surface area contributed by atoms with Gasteiger partial charge in [-0.2, -0.15) is 0 Å². The van der Waals surface area contributed by atoms with E-state index in [0.29, 0.717) is 17.7 Å². The Morgan fingerprint density at radius 3 is 1.30 bits per heavy atom. The standard InChI is InChI=1S/C10H6O8.C6H10O3/c11-7(12)3-1-4(8(13)14)6(10(17)18)2-5(3)9(15)16;1-5(2)6(8)9-4-3-7/h1-2H,(H,11,12)(H,13,14)(H,15,16)(H,17,18);7H,1,3-4H2,2H3. The summed E-state index contributed by atoms with van der Waals surface area (Å²) in [5, 5.41) is 43.2. The second-order valence-corrected chi connectivity index (χ2v) is 4.80. The number of ether oxygens (including phenoxy) is 1. The van der Waals surface area contributed by atoms with E-state index in [9.17, 15) is 24.0 Å². The van der Waals surface area contributed by atoms with E-state index in [1.165, 1.54) is 0 Å². The average Bonchev–Trinajstić information content (AvgIpc) is 2.58. The summed E-state index contributed by atoms with van der Waals surface area (Å²) in [7, 11) is 0. The normalized spacial score (nSPS) is 9.41. The van der Waals surface area contributed by atoms with Gasteiger partial charge in [-0.05, 0) is 19.1 Å². The number of aliphatic hydroxyl groups is 1. The van der Waals surface area contributed by atoms with E-state index in [0.717, 1.165) is 0 Å². The highest BCUT2D eigenvalue weighted by atomic mass is 16.5. The van der Waals surface area contributed by atoms with E-state index in [-0.39, 0.29) is 13.2 Å². The van der Waals surface area contributed by atoms with Crippen LogP contribution in [0, 0.1) is 0 Å². The smallest absolute Gasteiger partial charge is 0.336 e. The topological polar surface area (TPSA) is 196 Å². The van der Waals surface area contributed by atoms with E-state index in [1.807, 2.05) is 0 Å². The van der Waals surface area contributed by atoms with Crippen molar-refractivity contribution in [3.05, 3.63) is 46.5 Å². The fourth-order valence-electron chi connectivity index (χ4n) is 1.57. The van der Waals surface area contributed by atoms with Crippen molar-refractivity contribution in [1.29, 1.82) is 0 Å². The highest BCUT2D eigenvalue weighted by Gasteiger charge is 2.24. The second-order valence-electron chi connectivity index (χ2n) is 4.80. The Morgan fingerprint density at radius 2 is 1.11 bits per heavy atom. The molecule has 0 aliphatic heterocycles. The number of aliphatic hydroxyl groups excluding tert-OH is 1. The highest BCUT2D eigenvalue weighted by Crippen LogP contribution is 2.18. The van der Waals surface area contributed by atoms with E-state index < -0.39 is 52.1 Å². The van der Waals surface area contributed by atoms with Gasteiger partial charge in [0.25, 0.3) is 0 Å². The maximum absolute atomic E-state index is 10.8. The van der Waals surface area contributed by atoms with Crippen molar-refractivity contribution in [3.8, 4) is 0 Å². The monoisotopic (exact) mass is 384 g/mol. The first-order valence-electron chi connectivity index (χ1n) is 6.98. The summed E-state index contributed by atoms with van der Waals surface area (Å²) in [6, 6.07) is 1.02. The predicted molar refractivity (Wildman–Crippen MR) is 87.1 cm³/mol. The molecule has 1 rings (SSSR count). The molecule has 0 saturated carbocycles. The Bertz CT molecular complexity index is 694. The van der Waals surface area contributed by atoms with Gasteiger partial charge < -0.3 is 30.3 Å². The maximum Gasteiger partial charge on any atom is 0.336 e. The molecule has 146 valence electrons. The van der Waals surface area contributed by atoms with Crippen LogP contribution in [0.1, 0.15) is 48.4 Å². The molecule has 27 heavy (non-hydrogen) atoms. The SMILES string of the molecule is C=C(C)C(=O)OCCO.O=C(O)c1cc(C(=O)O)c(C(=O)O)cc1C(=O)O. The number of aromatic carboxylic acids is 4. The predicted octanol–water partition coefficient (Wildman–Crippen LogP) is 0.577. The van der Waals surface area contributed by atoms with Crippen molar-refractivity contribution < 1.29 is 54.2 Å². The highest BCUT2D eigenvalue weighted by molar-refractivity contribution is 6.09. The number of carbonyl (C=O) groups is 5. The van der Waals surface area contributed by atoms with E-state index in [4.69, 9.17) is 25.5 Å². The van der Waals surface area contributed by atoms with Gasteiger partial charge in [0.05, 0.1) is 28.9 Å². The molecule has 1 aromatic carbocycles. The molecule has 0 amide bonds. The van der Waals surface area contributed by atoms with Crippen molar-refractivity contribution in [2.45, 2.75) is 6.92 Å². The lowest BCUT2D eigenvalue weighted by Gasteiger charge is -2.06. The molecule has 0 unspecified atom stereocenters. The van der Waals surface area contributed by atoms with Gasteiger partial charge in [-0.15, -0.1) is 0 Å². The van der Waals surface area contributed by atoms with Crippen LogP contribution in [0.15, 0.2) is 24.3 Å². The molecule has 0 atom stereocenters. The molecule has 0 saturated heterocycles. The summed E-state index contributed by atoms with van der Waals surface area (Å²) in [5.74, 6) is -7.10. The average molecular weight is 384 g/mol. The number of hydrogen-bond donors (Lipinski definition) is 5. The molecule has 0 fully saturated rings. The van der Waals surface area contributed by atoms with Crippen molar-refractivity contribution >= 4 is 29.8 Å². The van der Waals surface area contributed by atoms with Gasteiger partial charge in [-0.1, -0.05) is 6.58 Å². The lowest BCUT2D eigenvalue weighted by atomic mass is 9.98. The van der Waals surface area contributed by atoms with E-state index in [2.05, 4.69) is 11.3 Å². The van der Waals surface area contributed by atoms with Crippen molar-refractivity contribution in [2.24, 2.45) is 0 Å². The molecule has 1 aromatic rings. The zero-order valence-electron chi connectivity index (χ0n) is 14.0. The van der Waals surface area contributed by atoms with Gasteiger partial charge >= 0.3 is 29.8 Å². The minimum Gasteiger partial charge on any atom is -0.478 e. The molecule has 11 nitrogen and oxygen atoms in total. The van der Waals surface area contributed by atoms with Crippen LogP contribution in [0.5, 0.6) is 0 Å². The fraction of sp³-hybridized carbons (Fsp3) is 0.188. The number of hydrogen-bond acceptors (Lipinski definition) is 7. The van der Waals surface area contributed by atoms with Gasteiger partial charge in [0, 0.05) is 5.57 Å². The Labute approximate surface area is 151 Å². The number of rotatable bonds is 7. The molecule has 0 aromatic heterocycles.